The molecule has 1 aliphatic rings. The van der Waals surface area contributed by atoms with Crippen LogP contribution in [0, 0.1) is 5.92 Å². The molecule has 114 valence electrons. The summed E-state index contributed by atoms with van der Waals surface area (Å²) in [6.07, 6.45) is 5.12. The molecule has 1 heterocycles. The van der Waals surface area contributed by atoms with E-state index in [4.69, 9.17) is 0 Å². The van der Waals surface area contributed by atoms with E-state index in [1.54, 1.807) is 9.13 Å². The van der Waals surface area contributed by atoms with Crippen LogP contribution in [0.15, 0.2) is 23.0 Å². The van der Waals surface area contributed by atoms with Gasteiger partial charge in [0.25, 0.3) is 0 Å². The zero-order valence-electron chi connectivity index (χ0n) is 13.2. The van der Waals surface area contributed by atoms with Crippen molar-refractivity contribution in [2.24, 2.45) is 20.0 Å². The molecular weight excluding hydrogens is 262 g/mol. The first-order valence-electron chi connectivity index (χ1n) is 8.02. The van der Waals surface area contributed by atoms with Crippen molar-refractivity contribution in [3.63, 3.8) is 0 Å². The Balaban J connectivity index is 2.01. The highest BCUT2D eigenvalue weighted by atomic mass is 16.1. The number of benzene rings is 1. The zero-order chi connectivity index (χ0) is 15.0. The molecule has 4 nitrogen and oxygen atoms in total. The summed E-state index contributed by atoms with van der Waals surface area (Å²) in [4.78, 5) is 12.1. The molecule has 1 fully saturated rings. The minimum Gasteiger partial charge on any atom is -0.310 e. The lowest BCUT2D eigenvalue weighted by atomic mass is 9.77. The van der Waals surface area contributed by atoms with E-state index in [1.807, 2.05) is 14.1 Å². The number of nitrogens with zero attached hydrogens (tertiary/aromatic N) is 2. The van der Waals surface area contributed by atoms with E-state index in [0.29, 0.717) is 6.04 Å². The average Bonchev–Trinajstić information content (AvgIpc) is 2.66. The third-order valence-corrected chi connectivity index (χ3v) is 4.89. The van der Waals surface area contributed by atoms with Gasteiger partial charge in [0.1, 0.15) is 0 Å². The van der Waals surface area contributed by atoms with E-state index in [0.717, 1.165) is 29.9 Å². The lowest BCUT2D eigenvalue weighted by Gasteiger charge is -2.35. The third kappa shape index (κ3) is 2.42. The van der Waals surface area contributed by atoms with E-state index >= 15 is 0 Å². The van der Waals surface area contributed by atoms with Crippen molar-refractivity contribution >= 4 is 11.0 Å². The first-order chi connectivity index (χ1) is 10.1. The van der Waals surface area contributed by atoms with E-state index in [2.05, 4.69) is 30.4 Å². The Kier molecular flexibility index (Phi) is 3.89. The van der Waals surface area contributed by atoms with Gasteiger partial charge in [-0.3, -0.25) is 9.13 Å². The highest BCUT2D eigenvalue weighted by Gasteiger charge is 2.28. The van der Waals surface area contributed by atoms with Gasteiger partial charge in [-0.1, -0.05) is 19.4 Å². The maximum absolute atomic E-state index is 12.1. The summed E-state index contributed by atoms with van der Waals surface area (Å²) < 4.78 is 3.47. The Morgan fingerprint density at radius 2 is 1.95 bits per heavy atom. The molecule has 0 bridgehead atoms. The average molecular weight is 287 g/mol. The molecule has 1 aromatic carbocycles. The highest BCUT2D eigenvalue weighted by Crippen LogP contribution is 2.38. The summed E-state index contributed by atoms with van der Waals surface area (Å²) >= 11 is 0. The number of imidazole rings is 1. The van der Waals surface area contributed by atoms with Gasteiger partial charge in [-0.15, -0.1) is 0 Å². The second-order valence-corrected chi connectivity index (χ2v) is 6.27. The third-order valence-electron chi connectivity index (χ3n) is 4.89. The van der Waals surface area contributed by atoms with Crippen LogP contribution in [-0.2, 0) is 14.1 Å². The molecule has 1 N–H and O–H groups in total. The largest absolute Gasteiger partial charge is 0.328 e. The number of hydrogen-bond donors (Lipinski definition) is 1. The van der Waals surface area contributed by atoms with E-state index in [1.165, 1.54) is 24.8 Å². The van der Waals surface area contributed by atoms with Crippen LogP contribution < -0.4 is 11.0 Å². The van der Waals surface area contributed by atoms with Gasteiger partial charge in [-0.05, 0) is 49.4 Å². The highest BCUT2D eigenvalue weighted by molar-refractivity contribution is 5.77. The van der Waals surface area contributed by atoms with Gasteiger partial charge in [0.2, 0.25) is 0 Å². The fourth-order valence-corrected chi connectivity index (χ4v) is 3.35. The minimum absolute atomic E-state index is 0.0452. The molecule has 0 saturated heterocycles. The standard InChI is InChI=1S/C17H25N3O/c1-4-10-18-16(12-6-5-7-12)13-8-9-14-15(11-13)20(3)17(21)19(14)2/h8-9,11-12,16,18H,4-7,10H2,1-3H3. The van der Waals surface area contributed by atoms with Crippen molar-refractivity contribution in [2.75, 3.05) is 6.54 Å². The maximum Gasteiger partial charge on any atom is 0.328 e. The first kappa shape index (κ1) is 14.4. The molecule has 0 spiro atoms. The van der Waals surface area contributed by atoms with Crippen LogP contribution in [-0.4, -0.2) is 15.7 Å². The first-order valence-corrected chi connectivity index (χ1v) is 8.02. The molecule has 1 saturated carbocycles. The Bertz CT molecular complexity index is 694. The SMILES string of the molecule is CCCNC(c1ccc2c(c1)n(C)c(=O)n2C)C1CCC1. The quantitative estimate of drug-likeness (QED) is 0.918. The second-order valence-electron chi connectivity index (χ2n) is 6.27. The lowest BCUT2D eigenvalue weighted by molar-refractivity contribution is 0.231. The minimum atomic E-state index is 0.0452. The van der Waals surface area contributed by atoms with Crippen LogP contribution in [0.25, 0.3) is 11.0 Å². The summed E-state index contributed by atoms with van der Waals surface area (Å²) in [6, 6.07) is 6.90. The molecule has 1 aromatic heterocycles. The van der Waals surface area contributed by atoms with Crippen molar-refractivity contribution in [3.05, 3.63) is 34.2 Å². The smallest absolute Gasteiger partial charge is 0.310 e. The maximum atomic E-state index is 12.1. The summed E-state index contributed by atoms with van der Waals surface area (Å²) in [5, 5.41) is 3.70. The molecule has 3 rings (SSSR count). The fraction of sp³-hybridized carbons (Fsp3) is 0.588. The van der Waals surface area contributed by atoms with Crippen molar-refractivity contribution in [2.45, 2.75) is 38.6 Å². The molecule has 0 amide bonds. The summed E-state index contributed by atoms with van der Waals surface area (Å²) in [7, 11) is 3.69. The molecule has 1 unspecified atom stereocenters. The van der Waals surface area contributed by atoms with Crippen LogP contribution in [0.4, 0.5) is 0 Å². The van der Waals surface area contributed by atoms with Gasteiger partial charge in [0, 0.05) is 20.1 Å². The Labute approximate surface area is 125 Å². The number of nitrogens with one attached hydrogen (secondary N) is 1. The summed E-state index contributed by atoms with van der Waals surface area (Å²) in [5.74, 6) is 0.745. The van der Waals surface area contributed by atoms with Gasteiger partial charge < -0.3 is 5.32 Å². The molecule has 21 heavy (non-hydrogen) atoms. The number of fused-ring (bicyclic) bond motifs is 1. The predicted molar refractivity (Wildman–Crippen MR) is 86.5 cm³/mol. The topological polar surface area (TPSA) is 39.0 Å². The van der Waals surface area contributed by atoms with Crippen LogP contribution in [0.5, 0.6) is 0 Å². The van der Waals surface area contributed by atoms with Crippen molar-refractivity contribution in [3.8, 4) is 0 Å². The van der Waals surface area contributed by atoms with Crippen LogP contribution >= 0.6 is 0 Å². The van der Waals surface area contributed by atoms with Crippen LogP contribution in [0.1, 0.15) is 44.2 Å². The van der Waals surface area contributed by atoms with Gasteiger partial charge in [0.05, 0.1) is 11.0 Å². The Hall–Kier alpha value is -1.55. The molecule has 4 heteroatoms. The molecule has 1 aliphatic carbocycles. The number of aryl methyl sites for hydroxylation is 2. The number of rotatable bonds is 5. The van der Waals surface area contributed by atoms with Crippen molar-refractivity contribution < 1.29 is 0 Å². The van der Waals surface area contributed by atoms with Crippen molar-refractivity contribution in [1.29, 1.82) is 0 Å². The summed E-state index contributed by atoms with van der Waals surface area (Å²) in [6.45, 7) is 3.25. The molecule has 0 aliphatic heterocycles. The van der Waals surface area contributed by atoms with Gasteiger partial charge in [-0.25, -0.2) is 4.79 Å². The van der Waals surface area contributed by atoms with E-state index in [9.17, 15) is 4.79 Å². The second kappa shape index (κ2) is 5.68. The van der Waals surface area contributed by atoms with E-state index < -0.39 is 0 Å². The lowest BCUT2D eigenvalue weighted by Crippen LogP contribution is -2.32. The monoisotopic (exact) mass is 287 g/mol. The van der Waals surface area contributed by atoms with Gasteiger partial charge >= 0.3 is 5.69 Å². The van der Waals surface area contributed by atoms with Gasteiger partial charge in [-0.2, -0.15) is 0 Å². The number of hydrogen-bond acceptors (Lipinski definition) is 2. The molecule has 2 aromatic rings. The Morgan fingerprint density at radius 1 is 1.24 bits per heavy atom. The number of aromatic nitrogens is 2. The fourth-order valence-electron chi connectivity index (χ4n) is 3.35. The molecular formula is C17H25N3O. The normalized spacial score (nSPS) is 17.1. The Morgan fingerprint density at radius 3 is 2.57 bits per heavy atom. The van der Waals surface area contributed by atoms with Crippen molar-refractivity contribution in [1.82, 2.24) is 14.5 Å². The predicted octanol–water partition coefficient (Wildman–Crippen LogP) is 2.72. The molecule has 1 atom stereocenters. The van der Waals surface area contributed by atoms with Crippen LogP contribution in [0.3, 0.4) is 0 Å². The molecule has 0 radical (unpaired) electrons. The van der Waals surface area contributed by atoms with Gasteiger partial charge in [0.15, 0.2) is 0 Å². The zero-order valence-corrected chi connectivity index (χ0v) is 13.2. The van der Waals surface area contributed by atoms with E-state index in [-0.39, 0.29) is 5.69 Å². The van der Waals surface area contributed by atoms with Crippen LogP contribution in [0.2, 0.25) is 0 Å². The summed E-state index contributed by atoms with van der Waals surface area (Å²) in [5.41, 5.74) is 3.41.